The molecule has 1 heterocycles. The molecule has 1 aliphatic rings. The Morgan fingerprint density at radius 3 is 2.70 bits per heavy atom. The summed E-state index contributed by atoms with van der Waals surface area (Å²) in [5.41, 5.74) is 3.83. The van der Waals surface area contributed by atoms with Crippen LogP contribution in [-0.4, -0.2) is 25.5 Å². The number of benzene rings is 2. The van der Waals surface area contributed by atoms with Gasteiger partial charge in [0.05, 0.1) is 12.8 Å². The Hall–Kier alpha value is -3.06. The van der Waals surface area contributed by atoms with Crippen molar-refractivity contribution < 1.29 is 19.1 Å². The number of ether oxygens (including phenoxy) is 2. The smallest absolute Gasteiger partial charge is 0.282 e. The maximum atomic E-state index is 12.7. The van der Waals surface area contributed by atoms with E-state index in [0.29, 0.717) is 29.4 Å². The Balaban J connectivity index is 1.89. The minimum atomic E-state index is -0.467. The summed E-state index contributed by atoms with van der Waals surface area (Å²) in [6, 6.07) is 12.3. The van der Waals surface area contributed by atoms with Crippen molar-refractivity contribution in [2.24, 2.45) is 0 Å². The quantitative estimate of drug-likeness (QED) is 0.434. The standard InChI is InChI=1S/C20H17BrN2O4/c1-3-9-27-17-8-7-13(11-18(17)26-2)10-16-19(24)22-23(20(16)25)15-6-4-5-14(21)12-15/h3-8,10-12H,1,9H2,2H3,(H,22,24)/b16-10-. The first-order valence-corrected chi connectivity index (χ1v) is 8.87. The van der Waals surface area contributed by atoms with E-state index in [4.69, 9.17) is 9.47 Å². The second kappa shape index (κ2) is 8.09. The molecule has 6 nitrogen and oxygen atoms in total. The zero-order valence-electron chi connectivity index (χ0n) is 14.6. The van der Waals surface area contributed by atoms with Crippen molar-refractivity contribution in [2.45, 2.75) is 0 Å². The average molecular weight is 429 g/mol. The van der Waals surface area contributed by atoms with E-state index >= 15 is 0 Å². The number of rotatable bonds is 6. The van der Waals surface area contributed by atoms with Gasteiger partial charge in [0.2, 0.25) is 0 Å². The Morgan fingerprint density at radius 1 is 1.19 bits per heavy atom. The van der Waals surface area contributed by atoms with Crippen LogP contribution in [0.15, 0.2) is 65.2 Å². The molecule has 0 atom stereocenters. The number of halogens is 1. The van der Waals surface area contributed by atoms with Crippen LogP contribution >= 0.6 is 15.9 Å². The normalized spacial score (nSPS) is 15.0. The summed E-state index contributed by atoms with van der Waals surface area (Å²) in [6.07, 6.45) is 3.16. The van der Waals surface area contributed by atoms with E-state index in [1.807, 2.05) is 6.07 Å². The first-order chi connectivity index (χ1) is 13.0. The first-order valence-electron chi connectivity index (χ1n) is 8.08. The van der Waals surface area contributed by atoms with E-state index in [1.165, 1.54) is 18.2 Å². The SMILES string of the molecule is C=CCOc1ccc(/C=C2/C(=O)NN(c3cccc(Br)c3)C2=O)cc1OC. The van der Waals surface area contributed by atoms with E-state index in [2.05, 4.69) is 27.9 Å². The predicted molar refractivity (Wildman–Crippen MR) is 106 cm³/mol. The van der Waals surface area contributed by atoms with Crippen LogP contribution in [0.1, 0.15) is 5.56 Å². The van der Waals surface area contributed by atoms with Crippen LogP contribution in [0.2, 0.25) is 0 Å². The van der Waals surface area contributed by atoms with Crippen LogP contribution in [0.5, 0.6) is 11.5 Å². The largest absolute Gasteiger partial charge is 0.493 e. The molecule has 3 rings (SSSR count). The minimum Gasteiger partial charge on any atom is -0.493 e. The molecule has 0 spiro atoms. The lowest BCUT2D eigenvalue weighted by atomic mass is 10.1. The fraction of sp³-hybridized carbons (Fsp3) is 0.100. The Labute approximate surface area is 165 Å². The van der Waals surface area contributed by atoms with Gasteiger partial charge in [0.25, 0.3) is 11.8 Å². The summed E-state index contributed by atoms with van der Waals surface area (Å²) < 4.78 is 11.6. The number of methoxy groups -OCH3 is 1. The van der Waals surface area contributed by atoms with Gasteiger partial charge in [-0.05, 0) is 42.0 Å². The predicted octanol–water partition coefficient (Wildman–Crippen LogP) is 3.48. The van der Waals surface area contributed by atoms with Crippen LogP contribution in [0.25, 0.3) is 6.08 Å². The highest BCUT2D eigenvalue weighted by molar-refractivity contribution is 9.10. The van der Waals surface area contributed by atoms with Gasteiger partial charge in [-0.25, -0.2) is 5.01 Å². The molecule has 27 heavy (non-hydrogen) atoms. The topological polar surface area (TPSA) is 67.9 Å². The number of nitrogens with one attached hydrogen (secondary N) is 1. The third-order valence-electron chi connectivity index (χ3n) is 3.81. The number of carbonyl (C=O) groups is 2. The molecule has 0 unspecified atom stereocenters. The average Bonchev–Trinajstić information content (AvgIpc) is 2.95. The van der Waals surface area contributed by atoms with Gasteiger partial charge in [0.1, 0.15) is 12.2 Å². The summed E-state index contributed by atoms with van der Waals surface area (Å²) in [5, 5.41) is 1.22. The lowest BCUT2D eigenvalue weighted by molar-refractivity contribution is -0.117. The van der Waals surface area contributed by atoms with Gasteiger partial charge in [0, 0.05) is 4.47 Å². The fourth-order valence-electron chi connectivity index (χ4n) is 2.56. The minimum absolute atomic E-state index is 0.0387. The van der Waals surface area contributed by atoms with Crippen LogP contribution in [0.3, 0.4) is 0 Å². The lowest BCUT2D eigenvalue weighted by Crippen LogP contribution is -2.35. The number of carbonyl (C=O) groups excluding carboxylic acids is 2. The molecule has 1 N–H and O–H groups in total. The highest BCUT2D eigenvalue weighted by Crippen LogP contribution is 2.30. The van der Waals surface area contributed by atoms with Gasteiger partial charge in [-0.3, -0.25) is 15.0 Å². The maximum absolute atomic E-state index is 12.7. The molecular formula is C20H17BrN2O4. The van der Waals surface area contributed by atoms with E-state index in [9.17, 15) is 9.59 Å². The molecule has 2 amide bonds. The number of hydrazine groups is 1. The molecule has 2 aromatic carbocycles. The second-order valence-electron chi connectivity index (χ2n) is 5.63. The third kappa shape index (κ3) is 4.03. The van der Waals surface area contributed by atoms with Crippen molar-refractivity contribution >= 4 is 39.5 Å². The van der Waals surface area contributed by atoms with E-state index in [1.54, 1.807) is 42.5 Å². The summed E-state index contributed by atoms with van der Waals surface area (Å²) in [5.74, 6) is 0.161. The molecule has 0 aliphatic carbocycles. The van der Waals surface area contributed by atoms with Crippen molar-refractivity contribution in [3.05, 3.63) is 70.7 Å². The number of hydrogen-bond donors (Lipinski definition) is 1. The van der Waals surface area contributed by atoms with Crippen molar-refractivity contribution in [1.29, 1.82) is 0 Å². The molecule has 1 saturated heterocycles. The van der Waals surface area contributed by atoms with Gasteiger partial charge in [-0.1, -0.05) is 40.7 Å². The summed E-state index contributed by atoms with van der Waals surface area (Å²) in [6.45, 7) is 3.95. The van der Waals surface area contributed by atoms with Crippen LogP contribution in [-0.2, 0) is 9.59 Å². The van der Waals surface area contributed by atoms with Gasteiger partial charge in [0.15, 0.2) is 11.5 Å². The number of amides is 2. The zero-order valence-corrected chi connectivity index (χ0v) is 16.2. The number of hydrogen-bond acceptors (Lipinski definition) is 4. The Kier molecular flexibility index (Phi) is 5.61. The summed E-state index contributed by atoms with van der Waals surface area (Å²) in [4.78, 5) is 25.0. The first kappa shape index (κ1) is 18.7. The Bertz CT molecular complexity index is 939. The van der Waals surface area contributed by atoms with Crippen molar-refractivity contribution in [3.63, 3.8) is 0 Å². The highest BCUT2D eigenvalue weighted by Gasteiger charge is 2.34. The fourth-order valence-corrected chi connectivity index (χ4v) is 2.95. The molecule has 0 saturated carbocycles. The van der Waals surface area contributed by atoms with E-state index < -0.39 is 11.8 Å². The van der Waals surface area contributed by atoms with Crippen LogP contribution in [0, 0.1) is 0 Å². The zero-order chi connectivity index (χ0) is 19.4. The summed E-state index contributed by atoms with van der Waals surface area (Å²) in [7, 11) is 1.52. The van der Waals surface area contributed by atoms with Crippen molar-refractivity contribution in [3.8, 4) is 11.5 Å². The molecule has 7 heteroatoms. The Morgan fingerprint density at radius 2 is 2.00 bits per heavy atom. The van der Waals surface area contributed by atoms with Crippen molar-refractivity contribution in [2.75, 3.05) is 18.7 Å². The second-order valence-corrected chi connectivity index (χ2v) is 6.55. The van der Waals surface area contributed by atoms with Gasteiger partial charge >= 0.3 is 0 Å². The van der Waals surface area contributed by atoms with Crippen molar-refractivity contribution in [1.82, 2.24) is 5.43 Å². The molecule has 0 radical (unpaired) electrons. The molecule has 0 bridgehead atoms. The molecule has 1 aliphatic heterocycles. The number of nitrogens with zero attached hydrogens (tertiary/aromatic N) is 1. The van der Waals surface area contributed by atoms with Gasteiger partial charge in [-0.2, -0.15) is 0 Å². The van der Waals surface area contributed by atoms with E-state index in [-0.39, 0.29) is 5.57 Å². The lowest BCUT2D eigenvalue weighted by Gasteiger charge is -2.14. The molecule has 138 valence electrons. The molecule has 0 aromatic heterocycles. The van der Waals surface area contributed by atoms with Gasteiger partial charge < -0.3 is 9.47 Å². The van der Waals surface area contributed by atoms with Crippen LogP contribution in [0.4, 0.5) is 5.69 Å². The van der Waals surface area contributed by atoms with Gasteiger partial charge in [-0.15, -0.1) is 0 Å². The maximum Gasteiger partial charge on any atom is 0.282 e. The number of anilines is 1. The highest BCUT2D eigenvalue weighted by atomic mass is 79.9. The molecule has 1 fully saturated rings. The molecular weight excluding hydrogens is 412 g/mol. The third-order valence-corrected chi connectivity index (χ3v) is 4.31. The summed E-state index contributed by atoms with van der Waals surface area (Å²) >= 11 is 3.36. The molecule has 2 aromatic rings. The monoisotopic (exact) mass is 428 g/mol. The van der Waals surface area contributed by atoms with E-state index in [0.717, 1.165) is 4.47 Å². The van der Waals surface area contributed by atoms with Crippen LogP contribution < -0.4 is 19.9 Å².